The van der Waals surface area contributed by atoms with Gasteiger partial charge in [-0.2, -0.15) is 0 Å². The Kier molecular flexibility index (Phi) is 4.72. The molecule has 3 amide bonds. The van der Waals surface area contributed by atoms with Crippen molar-refractivity contribution < 1.29 is 14.4 Å². The van der Waals surface area contributed by atoms with Crippen LogP contribution in [0.1, 0.15) is 42.2 Å². The summed E-state index contributed by atoms with van der Waals surface area (Å²) in [5.41, 5.74) is 3.95. The minimum atomic E-state index is -0.306. The van der Waals surface area contributed by atoms with Gasteiger partial charge in [-0.3, -0.25) is 19.3 Å². The molecule has 5 nitrogen and oxygen atoms in total. The van der Waals surface area contributed by atoms with Crippen LogP contribution >= 0.6 is 0 Å². The average molecular weight is 384 g/mol. The first-order chi connectivity index (χ1) is 14.0. The van der Waals surface area contributed by atoms with Gasteiger partial charge in [0.1, 0.15) is 0 Å². The van der Waals surface area contributed by atoms with Crippen LogP contribution in [0.25, 0.3) is 0 Å². The first-order valence-electron chi connectivity index (χ1n) is 9.34. The number of rotatable bonds is 4. The highest BCUT2D eigenvalue weighted by molar-refractivity contribution is 6.21. The monoisotopic (exact) mass is 384 g/mol. The summed E-state index contributed by atoms with van der Waals surface area (Å²) in [6.07, 6.45) is 0. The van der Waals surface area contributed by atoms with Gasteiger partial charge < -0.3 is 4.90 Å². The smallest absolute Gasteiger partial charge is 0.261 e. The zero-order valence-corrected chi connectivity index (χ0v) is 16.3. The predicted octanol–water partition coefficient (Wildman–Crippen LogP) is 4.07. The SMILES string of the molecule is Cc1cccc(N(C)C(=O)c2cccc(CN3C(=O)c4ccccc4C3=O)c2)c1. The van der Waals surface area contributed by atoms with E-state index in [2.05, 4.69) is 0 Å². The van der Waals surface area contributed by atoms with Crippen molar-refractivity contribution in [1.82, 2.24) is 4.90 Å². The lowest BCUT2D eigenvalue weighted by molar-refractivity contribution is 0.0642. The fraction of sp³-hybridized carbons (Fsp3) is 0.125. The molecule has 0 atom stereocenters. The molecule has 0 bridgehead atoms. The van der Waals surface area contributed by atoms with Gasteiger partial charge in [0.15, 0.2) is 0 Å². The van der Waals surface area contributed by atoms with Gasteiger partial charge in [0.25, 0.3) is 17.7 Å². The second-order valence-electron chi connectivity index (χ2n) is 7.15. The number of fused-ring (bicyclic) bond motifs is 1. The first-order valence-corrected chi connectivity index (χ1v) is 9.34. The topological polar surface area (TPSA) is 57.7 Å². The van der Waals surface area contributed by atoms with E-state index in [0.29, 0.717) is 16.7 Å². The number of hydrogen-bond acceptors (Lipinski definition) is 3. The van der Waals surface area contributed by atoms with Gasteiger partial charge in [-0.25, -0.2) is 0 Å². The van der Waals surface area contributed by atoms with Gasteiger partial charge in [0.05, 0.1) is 17.7 Å². The fourth-order valence-electron chi connectivity index (χ4n) is 3.52. The van der Waals surface area contributed by atoms with Crippen molar-refractivity contribution >= 4 is 23.4 Å². The maximum absolute atomic E-state index is 12.9. The largest absolute Gasteiger partial charge is 0.311 e. The molecule has 0 N–H and O–H groups in total. The molecule has 29 heavy (non-hydrogen) atoms. The molecule has 4 rings (SSSR count). The van der Waals surface area contributed by atoms with Crippen molar-refractivity contribution in [3.8, 4) is 0 Å². The second-order valence-corrected chi connectivity index (χ2v) is 7.15. The highest BCUT2D eigenvalue weighted by Crippen LogP contribution is 2.25. The van der Waals surface area contributed by atoms with Gasteiger partial charge >= 0.3 is 0 Å². The van der Waals surface area contributed by atoms with Gasteiger partial charge in [-0.05, 0) is 54.4 Å². The summed E-state index contributed by atoms with van der Waals surface area (Å²) >= 11 is 0. The molecule has 144 valence electrons. The maximum Gasteiger partial charge on any atom is 0.261 e. The van der Waals surface area contributed by atoms with Crippen LogP contribution in [0.2, 0.25) is 0 Å². The minimum absolute atomic E-state index is 0.127. The van der Waals surface area contributed by atoms with E-state index in [1.54, 1.807) is 54.4 Å². The predicted molar refractivity (Wildman–Crippen MR) is 111 cm³/mol. The molecule has 0 fully saturated rings. The molecule has 1 aliphatic rings. The van der Waals surface area contributed by atoms with E-state index in [0.717, 1.165) is 16.8 Å². The molecule has 0 unspecified atom stereocenters. The van der Waals surface area contributed by atoms with E-state index in [9.17, 15) is 14.4 Å². The van der Waals surface area contributed by atoms with Crippen molar-refractivity contribution in [2.75, 3.05) is 11.9 Å². The Labute approximate surface area is 169 Å². The number of carbonyl (C=O) groups is 3. The van der Waals surface area contributed by atoms with E-state index in [1.807, 2.05) is 37.3 Å². The number of benzene rings is 3. The van der Waals surface area contributed by atoms with Gasteiger partial charge in [-0.15, -0.1) is 0 Å². The number of amides is 3. The molecule has 0 saturated heterocycles. The third-order valence-electron chi connectivity index (χ3n) is 5.09. The van der Waals surface area contributed by atoms with Crippen LogP contribution < -0.4 is 4.90 Å². The zero-order chi connectivity index (χ0) is 20.5. The molecule has 0 aromatic heterocycles. The summed E-state index contributed by atoms with van der Waals surface area (Å²) in [4.78, 5) is 40.9. The van der Waals surface area contributed by atoms with Gasteiger partial charge in [0.2, 0.25) is 0 Å². The Bertz CT molecular complexity index is 1100. The lowest BCUT2D eigenvalue weighted by Gasteiger charge is -2.19. The fourth-order valence-corrected chi connectivity index (χ4v) is 3.52. The van der Waals surface area contributed by atoms with Crippen molar-refractivity contribution in [2.45, 2.75) is 13.5 Å². The molecule has 1 heterocycles. The first kappa shape index (κ1) is 18.6. The Morgan fingerprint density at radius 3 is 2.17 bits per heavy atom. The quantitative estimate of drug-likeness (QED) is 0.637. The zero-order valence-electron chi connectivity index (χ0n) is 16.3. The summed E-state index contributed by atoms with van der Waals surface area (Å²) in [7, 11) is 1.73. The molecule has 0 saturated carbocycles. The Hall–Kier alpha value is -3.73. The van der Waals surface area contributed by atoms with E-state index in [4.69, 9.17) is 0 Å². The van der Waals surface area contributed by atoms with E-state index < -0.39 is 0 Å². The molecule has 0 spiro atoms. The second kappa shape index (κ2) is 7.36. The summed E-state index contributed by atoms with van der Waals surface area (Å²) in [6.45, 7) is 2.10. The Morgan fingerprint density at radius 2 is 1.52 bits per heavy atom. The Morgan fingerprint density at radius 1 is 0.862 bits per heavy atom. The molecule has 3 aromatic rings. The lowest BCUT2D eigenvalue weighted by Crippen LogP contribution is -2.29. The number of anilines is 1. The average Bonchev–Trinajstić information content (AvgIpc) is 2.98. The summed E-state index contributed by atoms with van der Waals surface area (Å²) < 4.78 is 0. The van der Waals surface area contributed by atoms with E-state index >= 15 is 0 Å². The molecule has 0 radical (unpaired) electrons. The minimum Gasteiger partial charge on any atom is -0.311 e. The highest BCUT2D eigenvalue weighted by atomic mass is 16.2. The van der Waals surface area contributed by atoms with Gasteiger partial charge in [0, 0.05) is 18.3 Å². The number of imide groups is 1. The van der Waals surface area contributed by atoms with Crippen molar-refractivity contribution in [1.29, 1.82) is 0 Å². The van der Waals surface area contributed by atoms with Crippen LogP contribution in [0.15, 0.2) is 72.8 Å². The molecular formula is C24H20N2O3. The molecule has 5 heteroatoms. The van der Waals surface area contributed by atoms with Crippen molar-refractivity contribution in [3.05, 3.63) is 101 Å². The molecule has 0 aliphatic carbocycles. The van der Waals surface area contributed by atoms with Crippen molar-refractivity contribution in [3.63, 3.8) is 0 Å². The highest BCUT2D eigenvalue weighted by Gasteiger charge is 2.35. The van der Waals surface area contributed by atoms with E-state index in [1.165, 1.54) is 4.90 Å². The van der Waals surface area contributed by atoms with Crippen molar-refractivity contribution in [2.24, 2.45) is 0 Å². The molecular weight excluding hydrogens is 364 g/mol. The Balaban J connectivity index is 1.56. The molecule has 1 aliphatic heterocycles. The summed E-state index contributed by atoms with van der Waals surface area (Å²) in [6, 6.07) is 21.6. The number of nitrogens with zero attached hydrogens (tertiary/aromatic N) is 2. The normalized spacial score (nSPS) is 12.8. The summed E-state index contributed by atoms with van der Waals surface area (Å²) in [5.74, 6) is -0.766. The van der Waals surface area contributed by atoms with Crippen LogP contribution in [-0.2, 0) is 6.54 Å². The van der Waals surface area contributed by atoms with Crippen LogP contribution in [0.3, 0.4) is 0 Å². The third kappa shape index (κ3) is 3.43. The van der Waals surface area contributed by atoms with Crippen LogP contribution in [0.5, 0.6) is 0 Å². The van der Waals surface area contributed by atoms with E-state index in [-0.39, 0.29) is 24.3 Å². The van der Waals surface area contributed by atoms with Crippen LogP contribution in [0.4, 0.5) is 5.69 Å². The number of carbonyl (C=O) groups excluding carboxylic acids is 3. The standard InChI is InChI=1S/C24H20N2O3/c1-16-7-5-10-19(13-16)25(2)22(27)18-9-6-8-17(14-18)15-26-23(28)20-11-3-4-12-21(20)24(26)29/h3-14H,15H2,1-2H3. The number of aryl methyl sites for hydroxylation is 1. The lowest BCUT2D eigenvalue weighted by atomic mass is 10.1. The third-order valence-corrected chi connectivity index (χ3v) is 5.09. The van der Waals surface area contributed by atoms with Crippen LogP contribution in [-0.4, -0.2) is 29.7 Å². The maximum atomic E-state index is 12.9. The summed E-state index contributed by atoms with van der Waals surface area (Å²) in [5, 5.41) is 0. The molecule has 3 aromatic carbocycles. The number of hydrogen-bond donors (Lipinski definition) is 0. The van der Waals surface area contributed by atoms with Crippen LogP contribution in [0, 0.1) is 6.92 Å². The van der Waals surface area contributed by atoms with Gasteiger partial charge in [-0.1, -0.05) is 36.4 Å².